The summed E-state index contributed by atoms with van der Waals surface area (Å²) in [5.41, 5.74) is 0. The molecule has 1 aliphatic rings. The first-order valence-corrected chi connectivity index (χ1v) is 6.94. The minimum atomic E-state index is -1.07. The topological polar surface area (TPSA) is 79.2 Å². The number of aliphatic hydroxyl groups excluding tert-OH is 3. The lowest BCUT2D eigenvalue weighted by atomic mass is 10.1. The Morgan fingerprint density at radius 3 is 2.28 bits per heavy atom. The molecule has 0 bridgehead atoms. The molecule has 1 unspecified atom stereocenters. The van der Waals surface area contributed by atoms with Crippen molar-refractivity contribution in [3.8, 4) is 0 Å². The second-order valence-electron chi connectivity index (χ2n) is 4.85. The third-order valence-electron chi connectivity index (χ3n) is 3.28. The molecule has 0 aliphatic carbocycles. The van der Waals surface area contributed by atoms with Gasteiger partial charge in [0.25, 0.3) is 0 Å². The maximum atomic E-state index is 9.62. The second kappa shape index (κ2) is 8.82. The number of aliphatic hydroxyl groups is 3. The zero-order valence-corrected chi connectivity index (χ0v) is 11.1. The van der Waals surface area contributed by atoms with Gasteiger partial charge in [0.15, 0.2) is 6.29 Å². The van der Waals surface area contributed by atoms with E-state index in [-0.39, 0.29) is 6.61 Å². The van der Waals surface area contributed by atoms with Crippen molar-refractivity contribution in [1.29, 1.82) is 0 Å². The highest BCUT2D eigenvalue weighted by Crippen LogP contribution is 2.22. The lowest BCUT2D eigenvalue weighted by Gasteiger charge is -2.15. The largest absolute Gasteiger partial charge is 0.394 e. The van der Waals surface area contributed by atoms with Crippen molar-refractivity contribution in [3.63, 3.8) is 0 Å². The standard InChI is InChI=1S/C13H26O5/c1-2-3-4-5-6-7-8-17-13-12(16)11(15)10(9-14)18-13/h10-16H,2-9H2,1H3/t10-,11-,12+,13?/m1/s1. The molecular formula is C13H26O5. The summed E-state index contributed by atoms with van der Waals surface area (Å²) in [5, 5.41) is 28.0. The number of unbranched alkanes of at least 4 members (excludes halogenated alkanes) is 5. The molecule has 0 aromatic heterocycles. The van der Waals surface area contributed by atoms with E-state index in [1.807, 2.05) is 0 Å². The van der Waals surface area contributed by atoms with Crippen molar-refractivity contribution in [3.05, 3.63) is 0 Å². The molecular weight excluding hydrogens is 236 g/mol. The molecule has 1 rings (SSSR count). The quantitative estimate of drug-likeness (QED) is 0.536. The van der Waals surface area contributed by atoms with Gasteiger partial charge in [0.2, 0.25) is 0 Å². The highest BCUT2D eigenvalue weighted by molar-refractivity contribution is 4.86. The van der Waals surface area contributed by atoms with Crippen LogP contribution in [0.2, 0.25) is 0 Å². The normalized spacial score (nSPS) is 32.0. The van der Waals surface area contributed by atoms with Gasteiger partial charge in [0.05, 0.1) is 6.61 Å². The molecule has 18 heavy (non-hydrogen) atoms. The molecule has 0 amide bonds. The molecule has 0 saturated carbocycles. The van der Waals surface area contributed by atoms with Gasteiger partial charge in [-0.1, -0.05) is 39.0 Å². The summed E-state index contributed by atoms with van der Waals surface area (Å²) in [7, 11) is 0. The smallest absolute Gasteiger partial charge is 0.186 e. The van der Waals surface area contributed by atoms with Gasteiger partial charge < -0.3 is 24.8 Å². The highest BCUT2D eigenvalue weighted by Gasteiger charge is 2.42. The number of hydrogen-bond donors (Lipinski definition) is 3. The summed E-state index contributed by atoms with van der Waals surface area (Å²) < 4.78 is 10.6. The molecule has 1 heterocycles. The van der Waals surface area contributed by atoms with Gasteiger partial charge in [-0.25, -0.2) is 0 Å². The Labute approximate surface area is 109 Å². The van der Waals surface area contributed by atoms with Crippen LogP contribution in [-0.4, -0.2) is 53.1 Å². The lowest BCUT2D eigenvalue weighted by Crippen LogP contribution is -2.34. The van der Waals surface area contributed by atoms with Crippen molar-refractivity contribution in [2.24, 2.45) is 0 Å². The Morgan fingerprint density at radius 2 is 1.67 bits per heavy atom. The van der Waals surface area contributed by atoms with E-state index in [0.29, 0.717) is 6.61 Å². The first-order valence-electron chi connectivity index (χ1n) is 6.94. The van der Waals surface area contributed by atoms with E-state index < -0.39 is 24.6 Å². The molecule has 1 aliphatic heterocycles. The minimum absolute atomic E-state index is 0.310. The van der Waals surface area contributed by atoms with Crippen LogP contribution in [0.1, 0.15) is 45.4 Å². The highest BCUT2D eigenvalue weighted by atomic mass is 16.7. The summed E-state index contributed by atoms with van der Waals surface area (Å²) in [6.07, 6.45) is 3.31. The van der Waals surface area contributed by atoms with E-state index >= 15 is 0 Å². The third kappa shape index (κ3) is 4.82. The van der Waals surface area contributed by atoms with Gasteiger partial charge >= 0.3 is 0 Å². The fourth-order valence-electron chi connectivity index (χ4n) is 2.08. The van der Waals surface area contributed by atoms with Crippen molar-refractivity contribution >= 4 is 0 Å². The van der Waals surface area contributed by atoms with Gasteiger partial charge in [-0.2, -0.15) is 0 Å². The van der Waals surface area contributed by atoms with Crippen LogP contribution in [-0.2, 0) is 9.47 Å². The zero-order valence-electron chi connectivity index (χ0n) is 11.1. The molecule has 0 radical (unpaired) electrons. The maximum Gasteiger partial charge on any atom is 0.186 e. The van der Waals surface area contributed by atoms with Gasteiger partial charge in [-0.3, -0.25) is 0 Å². The molecule has 1 saturated heterocycles. The number of rotatable bonds is 9. The Morgan fingerprint density at radius 1 is 1.00 bits per heavy atom. The number of hydrogen-bond acceptors (Lipinski definition) is 5. The van der Waals surface area contributed by atoms with Crippen molar-refractivity contribution in [2.75, 3.05) is 13.2 Å². The van der Waals surface area contributed by atoms with E-state index in [2.05, 4.69) is 6.92 Å². The van der Waals surface area contributed by atoms with Crippen LogP contribution in [0.15, 0.2) is 0 Å². The summed E-state index contributed by atoms with van der Waals surface area (Å²) in [6.45, 7) is 2.39. The summed E-state index contributed by atoms with van der Waals surface area (Å²) >= 11 is 0. The first-order chi connectivity index (χ1) is 8.70. The van der Waals surface area contributed by atoms with Crippen LogP contribution in [0.3, 0.4) is 0 Å². The second-order valence-corrected chi connectivity index (χ2v) is 4.85. The fourth-order valence-corrected chi connectivity index (χ4v) is 2.08. The molecule has 5 heteroatoms. The van der Waals surface area contributed by atoms with Gasteiger partial charge in [0, 0.05) is 6.61 Å². The molecule has 0 spiro atoms. The Kier molecular flexibility index (Phi) is 7.77. The molecule has 108 valence electrons. The first kappa shape index (κ1) is 15.9. The molecule has 4 atom stereocenters. The predicted octanol–water partition coefficient (Wildman–Crippen LogP) is 0.802. The van der Waals surface area contributed by atoms with Crippen molar-refractivity contribution in [2.45, 2.75) is 70.1 Å². The van der Waals surface area contributed by atoms with E-state index in [4.69, 9.17) is 14.6 Å². The van der Waals surface area contributed by atoms with E-state index in [1.54, 1.807) is 0 Å². The molecule has 1 fully saturated rings. The SMILES string of the molecule is CCCCCCCCOC1O[C@H](CO)[C@@H](O)[C@@H]1O. The zero-order chi connectivity index (χ0) is 13.4. The molecule has 0 aromatic carbocycles. The summed E-state index contributed by atoms with van der Waals surface area (Å²) in [6, 6.07) is 0. The van der Waals surface area contributed by atoms with Crippen molar-refractivity contribution in [1.82, 2.24) is 0 Å². The summed E-state index contributed by atoms with van der Waals surface area (Å²) in [5.74, 6) is 0. The Bertz CT molecular complexity index is 212. The Balaban J connectivity index is 2.05. The third-order valence-corrected chi connectivity index (χ3v) is 3.28. The molecule has 0 aromatic rings. The molecule has 5 nitrogen and oxygen atoms in total. The van der Waals surface area contributed by atoms with E-state index in [1.165, 1.54) is 25.7 Å². The van der Waals surface area contributed by atoms with Crippen LogP contribution < -0.4 is 0 Å². The maximum absolute atomic E-state index is 9.62. The van der Waals surface area contributed by atoms with E-state index in [0.717, 1.165) is 12.8 Å². The van der Waals surface area contributed by atoms with Crippen molar-refractivity contribution < 1.29 is 24.8 Å². The van der Waals surface area contributed by atoms with Crippen LogP contribution in [0.25, 0.3) is 0 Å². The average Bonchev–Trinajstić information content (AvgIpc) is 2.65. The van der Waals surface area contributed by atoms with Crippen LogP contribution in [0.4, 0.5) is 0 Å². The van der Waals surface area contributed by atoms with Crippen LogP contribution in [0, 0.1) is 0 Å². The monoisotopic (exact) mass is 262 g/mol. The average molecular weight is 262 g/mol. The molecule has 3 N–H and O–H groups in total. The van der Waals surface area contributed by atoms with Gasteiger partial charge in [-0.05, 0) is 6.42 Å². The minimum Gasteiger partial charge on any atom is -0.394 e. The Hall–Kier alpha value is -0.200. The predicted molar refractivity (Wildman–Crippen MR) is 67.1 cm³/mol. The number of ether oxygens (including phenoxy) is 2. The fraction of sp³-hybridized carbons (Fsp3) is 1.00. The van der Waals surface area contributed by atoms with Gasteiger partial charge in [0.1, 0.15) is 18.3 Å². The summed E-state index contributed by atoms with van der Waals surface area (Å²) in [4.78, 5) is 0. The lowest BCUT2D eigenvalue weighted by molar-refractivity contribution is -0.169. The van der Waals surface area contributed by atoms with Crippen LogP contribution >= 0.6 is 0 Å². The van der Waals surface area contributed by atoms with E-state index in [9.17, 15) is 10.2 Å². The van der Waals surface area contributed by atoms with Crippen LogP contribution in [0.5, 0.6) is 0 Å². The van der Waals surface area contributed by atoms with Gasteiger partial charge in [-0.15, -0.1) is 0 Å².